The lowest BCUT2D eigenvalue weighted by Gasteiger charge is -2.23. The summed E-state index contributed by atoms with van der Waals surface area (Å²) in [5.41, 5.74) is 1.12. The molecule has 0 amide bonds. The Bertz CT molecular complexity index is 544. The Labute approximate surface area is 108 Å². The fraction of sp³-hybridized carbons (Fsp3) is 0.375. The monoisotopic (exact) mass is 241 g/mol. The number of nitrogens with one attached hydrogen (secondary N) is 1. The SMILES string of the molecule is Oc1ccc2ccccc2c1CC1CCNCC1. The zero-order chi connectivity index (χ0) is 12.4. The summed E-state index contributed by atoms with van der Waals surface area (Å²) in [4.78, 5) is 0. The van der Waals surface area contributed by atoms with Gasteiger partial charge < -0.3 is 10.4 Å². The maximum absolute atomic E-state index is 10.1. The molecule has 1 heterocycles. The van der Waals surface area contributed by atoms with E-state index in [-0.39, 0.29) is 0 Å². The number of phenols is 1. The highest BCUT2D eigenvalue weighted by molar-refractivity contribution is 5.87. The normalized spacial score (nSPS) is 17.1. The molecule has 1 saturated heterocycles. The minimum atomic E-state index is 0.451. The molecule has 0 aliphatic carbocycles. The van der Waals surface area contributed by atoms with Gasteiger partial charge in [0.1, 0.15) is 5.75 Å². The third-order valence-electron chi connectivity index (χ3n) is 3.97. The fourth-order valence-corrected chi connectivity index (χ4v) is 2.91. The molecule has 0 aromatic heterocycles. The average molecular weight is 241 g/mol. The summed E-state index contributed by atoms with van der Waals surface area (Å²) in [6.45, 7) is 2.21. The van der Waals surface area contributed by atoms with Crippen LogP contribution in [0.4, 0.5) is 0 Å². The summed E-state index contributed by atoms with van der Waals surface area (Å²) in [5.74, 6) is 1.15. The predicted molar refractivity (Wildman–Crippen MR) is 74.9 cm³/mol. The van der Waals surface area contributed by atoms with E-state index in [0.29, 0.717) is 11.7 Å². The molecule has 0 spiro atoms. The zero-order valence-corrected chi connectivity index (χ0v) is 10.5. The van der Waals surface area contributed by atoms with E-state index in [9.17, 15) is 5.11 Å². The summed E-state index contributed by atoms with van der Waals surface area (Å²) in [5, 5.41) is 15.9. The molecule has 0 bridgehead atoms. The number of fused-ring (bicyclic) bond motifs is 1. The first kappa shape index (κ1) is 11.5. The van der Waals surface area contributed by atoms with Crippen molar-refractivity contribution < 1.29 is 5.11 Å². The average Bonchev–Trinajstić information content (AvgIpc) is 2.43. The van der Waals surface area contributed by atoms with Crippen molar-refractivity contribution >= 4 is 10.8 Å². The van der Waals surface area contributed by atoms with Gasteiger partial charge >= 0.3 is 0 Å². The Balaban J connectivity index is 1.96. The van der Waals surface area contributed by atoms with E-state index in [1.165, 1.54) is 23.6 Å². The molecule has 3 rings (SSSR count). The van der Waals surface area contributed by atoms with Crippen molar-refractivity contribution in [3.05, 3.63) is 42.0 Å². The Morgan fingerprint density at radius 2 is 1.83 bits per heavy atom. The van der Waals surface area contributed by atoms with Crippen LogP contribution in [-0.4, -0.2) is 18.2 Å². The van der Waals surface area contributed by atoms with Crippen molar-refractivity contribution in [2.75, 3.05) is 13.1 Å². The standard InChI is InChI=1S/C16H19NO/c18-16-6-5-13-3-1-2-4-14(13)15(16)11-12-7-9-17-10-8-12/h1-6,12,17-18H,7-11H2. The molecular formula is C16H19NO. The minimum Gasteiger partial charge on any atom is -0.508 e. The van der Waals surface area contributed by atoms with E-state index in [4.69, 9.17) is 0 Å². The third-order valence-corrected chi connectivity index (χ3v) is 3.97. The van der Waals surface area contributed by atoms with Crippen LogP contribution in [0.3, 0.4) is 0 Å². The van der Waals surface area contributed by atoms with Crippen LogP contribution in [-0.2, 0) is 6.42 Å². The van der Waals surface area contributed by atoms with Crippen LogP contribution in [0.5, 0.6) is 5.75 Å². The smallest absolute Gasteiger partial charge is 0.119 e. The molecule has 0 atom stereocenters. The highest BCUT2D eigenvalue weighted by Crippen LogP contribution is 2.31. The van der Waals surface area contributed by atoms with Crippen molar-refractivity contribution in [1.82, 2.24) is 5.32 Å². The van der Waals surface area contributed by atoms with Crippen LogP contribution in [0.2, 0.25) is 0 Å². The first-order valence-corrected chi connectivity index (χ1v) is 6.75. The summed E-state index contributed by atoms with van der Waals surface area (Å²) in [6.07, 6.45) is 3.42. The quantitative estimate of drug-likeness (QED) is 0.847. The second-order valence-corrected chi connectivity index (χ2v) is 5.18. The highest BCUT2D eigenvalue weighted by Gasteiger charge is 2.16. The maximum atomic E-state index is 10.1. The largest absolute Gasteiger partial charge is 0.508 e. The van der Waals surface area contributed by atoms with Gasteiger partial charge in [0.15, 0.2) is 0 Å². The molecule has 0 unspecified atom stereocenters. The van der Waals surface area contributed by atoms with Crippen LogP contribution in [0.25, 0.3) is 10.8 Å². The van der Waals surface area contributed by atoms with Gasteiger partial charge in [-0.2, -0.15) is 0 Å². The zero-order valence-electron chi connectivity index (χ0n) is 10.5. The van der Waals surface area contributed by atoms with Crippen molar-refractivity contribution in [1.29, 1.82) is 0 Å². The van der Waals surface area contributed by atoms with Gasteiger partial charge in [-0.3, -0.25) is 0 Å². The number of phenolic OH excluding ortho intramolecular Hbond substituents is 1. The second-order valence-electron chi connectivity index (χ2n) is 5.18. The van der Waals surface area contributed by atoms with Crippen molar-refractivity contribution in [2.24, 2.45) is 5.92 Å². The number of benzene rings is 2. The minimum absolute atomic E-state index is 0.451. The van der Waals surface area contributed by atoms with Crippen molar-refractivity contribution in [3.63, 3.8) is 0 Å². The van der Waals surface area contributed by atoms with Crippen LogP contribution in [0.1, 0.15) is 18.4 Å². The molecule has 1 aliphatic heterocycles. The molecular weight excluding hydrogens is 222 g/mol. The van der Waals surface area contributed by atoms with E-state index in [1.54, 1.807) is 0 Å². The summed E-state index contributed by atoms with van der Waals surface area (Å²) < 4.78 is 0. The molecule has 2 heteroatoms. The van der Waals surface area contributed by atoms with Gasteiger partial charge in [-0.15, -0.1) is 0 Å². The summed E-state index contributed by atoms with van der Waals surface area (Å²) in [6, 6.07) is 12.2. The van der Waals surface area contributed by atoms with Gasteiger partial charge in [-0.25, -0.2) is 0 Å². The lowest BCUT2D eigenvalue weighted by atomic mass is 9.88. The Hall–Kier alpha value is -1.54. The number of hydrogen-bond acceptors (Lipinski definition) is 2. The Morgan fingerprint density at radius 1 is 1.06 bits per heavy atom. The first-order valence-electron chi connectivity index (χ1n) is 6.75. The summed E-state index contributed by atoms with van der Waals surface area (Å²) in [7, 11) is 0. The molecule has 2 N–H and O–H groups in total. The lowest BCUT2D eigenvalue weighted by Crippen LogP contribution is -2.28. The number of aromatic hydroxyl groups is 1. The van der Waals surface area contributed by atoms with E-state index in [1.807, 2.05) is 24.3 Å². The van der Waals surface area contributed by atoms with Crippen LogP contribution < -0.4 is 5.32 Å². The summed E-state index contributed by atoms with van der Waals surface area (Å²) >= 11 is 0. The maximum Gasteiger partial charge on any atom is 0.119 e. The van der Waals surface area contributed by atoms with Gasteiger partial charge in [0.05, 0.1) is 0 Å². The predicted octanol–water partition coefficient (Wildman–Crippen LogP) is 3.09. The molecule has 0 radical (unpaired) electrons. The molecule has 2 aromatic rings. The number of rotatable bonds is 2. The molecule has 2 nitrogen and oxygen atoms in total. The van der Waals surface area contributed by atoms with E-state index >= 15 is 0 Å². The van der Waals surface area contributed by atoms with Crippen molar-refractivity contribution in [3.8, 4) is 5.75 Å². The second kappa shape index (κ2) is 4.99. The number of hydrogen-bond donors (Lipinski definition) is 2. The molecule has 1 aliphatic rings. The highest BCUT2D eigenvalue weighted by atomic mass is 16.3. The topological polar surface area (TPSA) is 32.3 Å². The Kier molecular flexibility index (Phi) is 3.20. The molecule has 1 fully saturated rings. The van der Waals surface area contributed by atoms with Gasteiger partial charge in [-0.05, 0) is 55.1 Å². The van der Waals surface area contributed by atoms with Crippen molar-refractivity contribution in [2.45, 2.75) is 19.3 Å². The molecule has 2 aromatic carbocycles. The van der Waals surface area contributed by atoms with Gasteiger partial charge in [0.2, 0.25) is 0 Å². The fourth-order valence-electron chi connectivity index (χ4n) is 2.91. The molecule has 0 saturated carbocycles. The van der Waals surface area contributed by atoms with Crippen LogP contribution in [0, 0.1) is 5.92 Å². The van der Waals surface area contributed by atoms with E-state index in [2.05, 4.69) is 17.4 Å². The van der Waals surface area contributed by atoms with Gasteiger partial charge in [0.25, 0.3) is 0 Å². The van der Waals surface area contributed by atoms with E-state index < -0.39 is 0 Å². The number of piperidine rings is 1. The van der Waals surface area contributed by atoms with Gasteiger partial charge in [-0.1, -0.05) is 30.3 Å². The first-order chi connectivity index (χ1) is 8.84. The Morgan fingerprint density at radius 3 is 2.67 bits per heavy atom. The van der Waals surface area contributed by atoms with Crippen LogP contribution >= 0.6 is 0 Å². The molecule has 94 valence electrons. The third kappa shape index (κ3) is 2.21. The van der Waals surface area contributed by atoms with E-state index in [0.717, 1.165) is 25.1 Å². The molecule has 18 heavy (non-hydrogen) atoms. The van der Waals surface area contributed by atoms with Gasteiger partial charge in [0, 0.05) is 5.56 Å². The van der Waals surface area contributed by atoms with Crippen LogP contribution in [0.15, 0.2) is 36.4 Å². The lowest BCUT2D eigenvalue weighted by molar-refractivity contribution is 0.367.